The number of nitrogens with one attached hydrogen (secondary N) is 1. The minimum Gasteiger partial charge on any atom is -0.296 e. The first-order valence-electron chi connectivity index (χ1n) is 5.07. The minimum atomic E-state index is -0.470. The van der Waals surface area contributed by atoms with Gasteiger partial charge in [-0.2, -0.15) is 0 Å². The average molecular weight is 223 g/mol. The van der Waals surface area contributed by atoms with Crippen molar-refractivity contribution in [1.82, 2.24) is 5.32 Å². The molecule has 1 aliphatic heterocycles. The molecule has 1 aliphatic rings. The van der Waals surface area contributed by atoms with E-state index >= 15 is 0 Å². The van der Waals surface area contributed by atoms with E-state index in [2.05, 4.69) is 5.32 Å². The molecule has 0 aromatic carbocycles. The number of amides is 2. The molecule has 0 bridgehead atoms. The fourth-order valence-electron chi connectivity index (χ4n) is 2.05. The number of piperidine rings is 1. The summed E-state index contributed by atoms with van der Waals surface area (Å²) in [6, 6.07) is 3.92. The van der Waals surface area contributed by atoms with Crippen LogP contribution < -0.4 is 5.32 Å². The first-order valence-corrected chi connectivity index (χ1v) is 5.95. The second kappa shape index (κ2) is 3.77. The lowest BCUT2D eigenvalue weighted by Crippen LogP contribution is -2.50. The van der Waals surface area contributed by atoms with Crippen LogP contribution in [-0.4, -0.2) is 11.8 Å². The fraction of sp³-hybridized carbons (Fsp3) is 0.455. The summed E-state index contributed by atoms with van der Waals surface area (Å²) >= 11 is 1.59. The summed E-state index contributed by atoms with van der Waals surface area (Å²) in [4.78, 5) is 24.1. The number of imide groups is 1. The SMILES string of the molecule is CCC1(c2cccs2)CCC(=O)NC1=O. The second-order valence-corrected chi connectivity index (χ2v) is 4.74. The van der Waals surface area contributed by atoms with Gasteiger partial charge in [-0.15, -0.1) is 11.3 Å². The molecule has 1 saturated heterocycles. The van der Waals surface area contributed by atoms with E-state index in [4.69, 9.17) is 0 Å². The maximum absolute atomic E-state index is 11.9. The summed E-state index contributed by atoms with van der Waals surface area (Å²) in [5.74, 6) is -0.288. The third-order valence-electron chi connectivity index (χ3n) is 3.06. The number of carbonyl (C=O) groups is 2. The van der Waals surface area contributed by atoms with Crippen molar-refractivity contribution in [3.63, 3.8) is 0 Å². The molecule has 1 aromatic heterocycles. The first-order chi connectivity index (χ1) is 7.19. The quantitative estimate of drug-likeness (QED) is 0.777. The molecule has 1 fully saturated rings. The third kappa shape index (κ3) is 1.59. The Kier molecular flexibility index (Phi) is 2.61. The van der Waals surface area contributed by atoms with Crippen LogP contribution in [0.4, 0.5) is 0 Å². The lowest BCUT2D eigenvalue weighted by Gasteiger charge is -2.33. The predicted octanol–water partition coefficient (Wildman–Crippen LogP) is 1.83. The van der Waals surface area contributed by atoms with Gasteiger partial charge >= 0.3 is 0 Å². The van der Waals surface area contributed by atoms with Crippen molar-refractivity contribution < 1.29 is 9.59 Å². The summed E-state index contributed by atoms with van der Waals surface area (Å²) in [5.41, 5.74) is -0.470. The average Bonchev–Trinajstić information content (AvgIpc) is 2.72. The monoisotopic (exact) mass is 223 g/mol. The molecular formula is C11H13NO2S. The smallest absolute Gasteiger partial charge is 0.238 e. The van der Waals surface area contributed by atoms with Gasteiger partial charge in [-0.1, -0.05) is 13.0 Å². The molecule has 1 aromatic rings. The van der Waals surface area contributed by atoms with Crippen LogP contribution in [-0.2, 0) is 15.0 Å². The van der Waals surface area contributed by atoms with E-state index in [9.17, 15) is 9.59 Å². The van der Waals surface area contributed by atoms with Crippen LogP contribution in [0.3, 0.4) is 0 Å². The maximum Gasteiger partial charge on any atom is 0.238 e. The number of thiophene rings is 1. The van der Waals surface area contributed by atoms with E-state index in [0.29, 0.717) is 12.8 Å². The highest BCUT2D eigenvalue weighted by atomic mass is 32.1. The standard InChI is InChI=1S/C11H13NO2S/c1-2-11(8-4-3-7-15-8)6-5-9(13)12-10(11)14/h3-4,7H,2,5-6H2,1H3,(H,12,13,14). The van der Waals surface area contributed by atoms with Gasteiger partial charge in [0.1, 0.15) is 0 Å². The Hall–Kier alpha value is -1.16. The van der Waals surface area contributed by atoms with E-state index in [0.717, 1.165) is 11.3 Å². The van der Waals surface area contributed by atoms with Crippen molar-refractivity contribution in [2.75, 3.05) is 0 Å². The highest BCUT2D eigenvalue weighted by molar-refractivity contribution is 7.10. The number of rotatable bonds is 2. The molecule has 2 amide bonds. The summed E-state index contributed by atoms with van der Waals surface area (Å²) in [7, 11) is 0. The van der Waals surface area contributed by atoms with E-state index in [1.54, 1.807) is 11.3 Å². The van der Waals surface area contributed by atoms with E-state index in [1.807, 2.05) is 24.4 Å². The molecule has 0 spiro atoms. The van der Waals surface area contributed by atoms with Crippen molar-refractivity contribution >= 4 is 23.2 Å². The molecule has 15 heavy (non-hydrogen) atoms. The van der Waals surface area contributed by atoms with E-state index in [-0.39, 0.29) is 11.8 Å². The highest BCUT2D eigenvalue weighted by Gasteiger charge is 2.43. The summed E-state index contributed by atoms with van der Waals surface area (Å²) in [6.45, 7) is 2.00. The largest absolute Gasteiger partial charge is 0.296 e. The van der Waals surface area contributed by atoms with Crippen molar-refractivity contribution in [2.24, 2.45) is 0 Å². The summed E-state index contributed by atoms with van der Waals surface area (Å²) < 4.78 is 0. The molecular weight excluding hydrogens is 210 g/mol. The fourth-order valence-corrected chi connectivity index (χ4v) is 3.07. The third-order valence-corrected chi connectivity index (χ3v) is 4.14. The van der Waals surface area contributed by atoms with Crippen LogP contribution in [0.25, 0.3) is 0 Å². The molecule has 80 valence electrons. The summed E-state index contributed by atoms with van der Waals surface area (Å²) in [6.07, 6.45) is 1.82. The molecule has 1 atom stereocenters. The Morgan fingerprint density at radius 2 is 2.33 bits per heavy atom. The van der Waals surface area contributed by atoms with Gasteiger partial charge in [0.05, 0.1) is 5.41 Å². The van der Waals surface area contributed by atoms with Crippen molar-refractivity contribution in [3.05, 3.63) is 22.4 Å². The van der Waals surface area contributed by atoms with Crippen molar-refractivity contribution in [2.45, 2.75) is 31.6 Å². The lowest BCUT2D eigenvalue weighted by molar-refractivity contribution is -0.138. The van der Waals surface area contributed by atoms with Crippen LogP contribution in [0.15, 0.2) is 17.5 Å². The normalized spacial score (nSPS) is 26.5. The lowest BCUT2D eigenvalue weighted by atomic mass is 9.76. The zero-order valence-corrected chi connectivity index (χ0v) is 9.39. The number of hydrogen-bond donors (Lipinski definition) is 1. The van der Waals surface area contributed by atoms with Crippen molar-refractivity contribution in [3.8, 4) is 0 Å². The van der Waals surface area contributed by atoms with Crippen LogP contribution >= 0.6 is 11.3 Å². The topological polar surface area (TPSA) is 46.2 Å². The zero-order chi connectivity index (χ0) is 10.9. The van der Waals surface area contributed by atoms with Gasteiger partial charge < -0.3 is 0 Å². The molecule has 2 heterocycles. The second-order valence-electron chi connectivity index (χ2n) is 3.79. The Morgan fingerprint density at radius 1 is 1.53 bits per heavy atom. The Labute approximate surface area is 92.5 Å². The molecule has 0 radical (unpaired) electrons. The van der Waals surface area contributed by atoms with E-state index < -0.39 is 5.41 Å². The van der Waals surface area contributed by atoms with Crippen molar-refractivity contribution in [1.29, 1.82) is 0 Å². The van der Waals surface area contributed by atoms with Gasteiger partial charge in [-0.05, 0) is 24.3 Å². The first kappa shape index (κ1) is 10.4. The van der Waals surface area contributed by atoms with Gasteiger partial charge in [0, 0.05) is 11.3 Å². The van der Waals surface area contributed by atoms with Crippen LogP contribution in [0.2, 0.25) is 0 Å². The summed E-state index contributed by atoms with van der Waals surface area (Å²) in [5, 5.41) is 4.41. The molecule has 2 rings (SSSR count). The molecule has 1 unspecified atom stereocenters. The Bertz CT molecular complexity index is 385. The predicted molar refractivity (Wildman–Crippen MR) is 58.7 cm³/mol. The highest BCUT2D eigenvalue weighted by Crippen LogP contribution is 2.38. The van der Waals surface area contributed by atoms with Crippen LogP contribution in [0.5, 0.6) is 0 Å². The van der Waals surface area contributed by atoms with E-state index in [1.165, 1.54) is 0 Å². The molecule has 0 aliphatic carbocycles. The minimum absolute atomic E-state index is 0.135. The maximum atomic E-state index is 11.9. The van der Waals surface area contributed by atoms with Gasteiger partial charge in [0.25, 0.3) is 0 Å². The number of carbonyl (C=O) groups excluding carboxylic acids is 2. The molecule has 3 nitrogen and oxygen atoms in total. The molecule has 0 saturated carbocycles. The van der Waals surface area contributed by atoms with Gasteiger partial charge in [-0.25, -0.2) is 0 Å². The Morgan fingerprint density at radius 3 is 2.87 bits per heavy atom. The van der Waals surface area contributed by atoms with Gasteiger partial charge in [-0.3, -0.25) is 14.9 Å². The zero-order valence-electron chi connectivity index (χ0n) is 8.58. The van der Waals surface area contributed by atoms with Crippen LogP contribution in [0, 0.1) is 0 Å². The Balaban J connectivity index is 2.37. The number of hydrogen-bond acceptors (Lipinski definition) is 3. The van der Waals surface area contributed by atoms with Gasteiger partial charge in [0.2, 0.25) is 11.8 Å². The van der Waals surface area contributed by atoms with Gasteiger partial charge in [0.15, 0.2) is 0 Å². The molecule has 1 N–H and O–H groups in total. The van der Waals surface area contributed by atoms with Crippen LogP contribution in [0.1, 0.15) is 31.1 Å². The molecule has 4 heteroatoms.